The number of carbonyl (C=O) groups is 1. The first-order valence-electron chi connectivity index (χ1n) is 8.87. The van der Waals surface area contributed by atoms with Crippen molar-refractivity contribution in [3.63, 3.8) is 0 Å². The van der Waals surface area contributed by atoms with Crippen LogP contribution < -0.4 is 10.1 Å². The van der Waals surface area contributed by atoms with Gasteiger partial charge in [-0.2, -0.15) is 0 Å². The SMILES string of the molecule is CC(C)c1ccc(OC2(c3ccccc3)C(=O)Nc3ccccc32)cc1. The van der Waals surface area contributed by atoms with Gasteiger partial charge >= 0.3 is 0 Å². The Balaban J connectivity index is 1.84. The number of hydrogen-bond donors (Lipinski definition) is 1. The zero-order chi connectivity index (χ0) is 18.1. The molecule has 3 aromatic carbocycles. The lowest BCUT2D eigenvalue weighted by molar-refractivity contribution is -0.127. The number of rotatable bonds is 4. The molecule has 0 radical (unpaired) electrons. The van der Waals surface area contributed by atoms with Crippen molar-refractivity contribution in [1.82, 2.24) is 0 Å². The molecule has 0 saturated carbocycles. The summed E-state index contributed by atoms with van der Waals surface area (Å²) < 4.78 is 6.41. The lowest BCUT2D eigenvalue weighted by Gasteiger charge is -2.29. The molecule has 0 aliphatic carbocycles. The minimum Gasteiger partial charge on any atom is -0.468 e. The fourth-order valence-electron chi connectivity index (χ4n) is 3.45. The predicted molar refractivity (Wildman–Crippen MR) is 103 cm³/mol. The Kier molecular flexibility index (Phi) is 4.00. The van der Waals surface area contributed by atoms with Crippen LogP contribution in [-0.4, -0.2) is 5.91 Å². The van der Waals surface area contributed by atoms with Crippen LogP contribution in [-0.2, 0) is 10.4 Å². The topological polar surface area (TPSA) is 38.3 Å². The van der Waals surface area contributed by atoms with Crippen molar-refractivity contribution < 1.29 is 9.53 Å². The Morgan fingerprint density at radius 1 is 0.846 bits per heavy atom. The first-order chi connectivity index (χ1) is 12.6. The Bertz CT molecular complexity index is 932. The normalized spacial score (nSPS) is 18.5. The van der Waals surface area contributed by atoms with Gasteiger partial charge in [-0.05, 0) is 29.7 Å². The number of amides is 1. The first-order valence-corrected chi connectivity index (χ1v) is 8.87. The third-order valence-corrected chi connectivity index (χ3v) is 4.87. The average molecular weight is 343 g/mol. The first kappa shape index (κ1) is 16.4. The second-order valence-electron chi connectivity index (χ2n) is 6.87. The van der Waals surface area contributed by atoms with Crippen LogP contribution in [0.3, 0.4) is 0 Å². The van der Waals surface area contributed by atoms with Crippen molar-refractivity contribution in [3.8, 4) is 5.75 Å². The van der Waals surface area contributed by atoms with E-state index in [2.05, 4.69) is 31.3 Å². The maximum Gasteiger partial charge on any atom is 0.278 e. The molecule has 0 spiro atoms. The van der Waals surface area contributed by atoms with Crippen LogP contribution in [0.15, 0.2) is 78.9 Å². The van der Waals surface area contributed by atoms with E-state index in [4.69, 9.17) is 4.74 Å². The summed E-state index contributed by atoms with van der Waals surface area (Å²) in [6.07, 6.45) is 0. The summed E-state index contributed by atoms with van der Waals surface area (Å²) >= 11 is 0. The van der Waals surface area contributed by atoms with Gasteiger partial charge in [0.05, 0.1) is 0 Å². The zero-order valence-corrected chi connectivity index (χ0v) is 14.9. The van der Waals surface area contributed by atoms with Gasteiger partial charge < -0.3 is 10.1 Å². The smallest absolute Gasteiger partial charge is 0.278 e. The molecule has 3 nitrogen and oxygen atoms in total. The lowest BCUT2D eigenvalue weighted by atomic mass is 9.87. The molecule has 0 saturated heterocycles. The van der Waals surface area contributed by atoms with Gasteiger partial charge in [-0.3, -0.25) is 4.79 Å². The number of anilines is 1. The Morgan fingerprint density at radius 3 is 2.19 bits per heavy atom. The van der Waals surface area contributed by atoms with E-state index in [1.54, 1.807) is 0 Å². The van der Waals surface area contributed by atoms with Crippen LogP contribution in [0.25, 0.3) is 0 Å². The Hall–Kier alpha value is -3.07. The number of ether oxygens (including phenoxy) is 1. The molecule has 1 N–H and O–H groups in total. The number of carbonyl (C=O) groups excluding carboxylic acids is 1. The van der Waals surface area contributed by atoms with Crippen molar-refractivity contribution in [2.75, 3.05) is 5.32 Å². The van der Waals surface area contributed by atoms with Crippen LogP contribution in [0.5, 0.6) is 5.75 Å². The standard InChI is InChI=1S/C23H21NO2/c1-16(2)17-12-14-19(15-13-17)26-23(18-8-4-3-5-9-18)20-10-6-7-11-21(20)24-22(23)25/h3-16H,1-2H3,(H,24,25). The Morgan fingerprint density at radius 2 is 1.50 bits per heavy atom. The van der Waals surface area contributed by atoms with E-state index < -0.39 is 5.60 Å². The summed E-state index contributed by atoms with van der Waals surface area (Å²) in [5.74, 6) is 0.950. The van der Waals surface area contributed by atoms with Gasteiger partial charge in [-0.25, -0.2) is 0 Å². The molecule has 3 heteroatoms. The number of benzene rings is 3. The van der Waals surface area contributed by atoms with Crippen LogP contribution in [0.4, 0.5) is 5.69 Å². The Labute approximate surface area is 153 Å². The van der Waals surface area contributed by atoms with Gasteiger partial charge in [0, 0.05) is 16.8 Å². The van der Waals surface area contributed by atoms with E-state index in [1.165, 1.54) is 5.56 Å². The van der Waals surface area contributed by atoms with Crippen molar-refractivity contribution in [2.45, 2.75) is 25.4 Å². The van der Waals surface area contributed by atoms with E-state index in [0.717, 1.165) is 16.8 Å². The molecule has 0 bridgehead atoms. The number of para-hydroxylation sites is 1. The number of fused-ring (bicyclic) bond motifs is 1. The van der Waals surface area contributed by atoms with Crippen molar-refractivity contribution in [3.05, 3.63) is 95.6 Å². The van der Waals surface area contributed by atoms with Crippen LogP contribution in [0, 0.1) is 0 Å². The highest BCUT2D eigenvalue weighted by Crippen LogP contribution is 2.44. The van der Waals surface area contributed by atoms with Gasteiger partial charge in [0.1, 0.15) is 5.75 Å². The molecule has 4 rings (SSSR count). The molecular weight excluding hydrogens is 322 g/mol. The summed E-state index contributed by atoms with van der Waals surface area (Å²) in [6, 6.07) is 25.3. The summed E-state index contributed by atoms with van der Waals surface area (Å²) in [5, 5.41) is 2.97. The summed E-state index contributed by atoms with van der Waals surface area (Å²) in [5.41, 5.74) is 2.50. The third kappa shape index (κ3) is 2.57. The molecule has 1 unspecified atom stereocenters. The van der Waals surface area contributed by atoms with Gasteiger partial charge in [0.15, 0.2) is 0 Å². The van der Waals surface area contributed by atoms with Gasteiger partial charge in [0.2, 0.25) is 5.60 Å². The van der Waals surface area contributed by atoms with Gasteiger partial charge in [-0.15, -0.1) is 0 Å². The highest BCUT2D eigenvalue weighted by Gasteiger charge is 2.50. The molecule has 0 fully saturated rings. The van der Waals surface area contributed by atoms with Crippen LogP contribution >= 0.6 is 0 Å². The maximum atomic E-state index is 13.1. The second-order valence-corrected chi connectivity index (χ2v) is 6.87. The quantitative estimate of drug-likeness (QED) is 0.717. The van der Waals surface area contributed by atoms with Crippen molar-refractivity contribution in [1.29, 1.82) is 0 Å². The predicted octanol–water partition coefficient (Wildman–Crippen LogP) is 5.08. The highest BCUT2D eigenvalue weighted by atomic mass is 16.5. The zero-order valence-electron chi connectivity index (χ0n) is 14.9. The molecule has 0 aromatic heterocycles. The summed E-state index contributed by atoms with van der Waals surface area (Å²) in [4.78, 5) is 13.1. The average Bonchev–Trinajstić information content (AvgIpc) is 2.95. The van der Waals surface area contributed by atoms with Gasteiger partial charge in [-0.1, -0.05) is 74.5 Å². The molecule has 1 amide bonds. The molecule has 130 valence electrons. The summed E-state index contributed by atoms with van der Waals surface area (Å²) in [7, 11) is 0. The fraction of sp³-hybridized carbons (Fsp3) is 0.174. The van der Waals surface area contributed by atoms with Crippen molar-refractivity contribution in [2.24, 2.45) is 0 Å². The van der Waals surface area contributed by atoms with Crippen molar-refractivity contribution >= 4 is 11.6 Å². The fourth-order valence-corrected chi connectivity index (χ4v) is 3.45. The van der Waals surface area contributed by atoms with E-state index >= 15 is 0 Å². The van der Waals surface area contributed by atoms with E-state index in [-0.39, 0.29) is 5.91 Å². The van der Waals surface area contributed by atoms with E-state index in [9.17, 15) is 4.79 Å². The summed E-state index contributed by atoms with van der Waals surface area (Å²) in [6.45, 7) is 4.31. The largest absolute Gasteiger partial charge is 0.468 e. The molecule has 1 aliphatic rings. The van der Waals surface area contributed by atoms with Crippen LogP contribution in [0.2, 0.25) is 0 Å². The number of hydrogen-bond acceptors (Lipinski definition) is 2. The van der Waals surface area contributed by atoms with Gasteiger partial charge in [0.25, 0.3) is 5.91 Å². The lowest BCUT2D eigenvalue weighted by Crippen LogP contribution is -2.41. The molecule has 1 heterocycles. The maximum absolute atomic E-state index is 13.1. The minimum atomic E-state index is -1.18. The van der Waals surface area contributed by atoms with E-state index in [1.807, 2.05) is 66.7 Å². The van der Waals surface area contributed by atoms with Crippen LogP contribution in [0.1, 0.15) is 36.5 Å². The molecule has 1 atom stereocenters. The third-order valence-electron chi connectivity index (χ3n) is 4.87. The monoisotopic (exact) mass is 343 g/mol. The second kappa shape index (κ2) is 6.34. The minimum absolute atomic E-state index is 0.169. The molecular formula is C23H21NO2. The van der Waals surface area contributed by atoms with E-state index in [0.29, 0.717) is 11.7 Å². The molecule has 3 aromatic rings. The highest BCUT2D eigenvalue weighted by molar-refractivity contribution is 6.07. The molecule has 1 aliphatic heterocycles. The molecule has 26 heavy (non-hydrogen) atoms. The number of nitrogens with one attached hydrogen (secondary N) is 1.